The van der Waals surface area contributed by atoms with Crippen LogP contribution in [0.5, 0.6) is 0 Å². The van der Waals surface area contributed by atoms with Crippen molar-refractivity contribution in [1.82, 2.24) is 20.0 Å². The molecule has 3 aromatic rings. The highest BCUT2D eigenvalue weighted by Gasteiger charge is 2.16. The van der Waals surface area contributed by atoms with Gasteiger partial charge in [-0.05, 0) is 50.0 Å². The number of fused-ring (bicyclic) bond motifs is 1. The zero-order valence-corrected chi connectivity index (χ0v) is 18.1. The normalized spacial score (nSPS) is 15.0. The fraction of sp³-hybridized carbons (Fsp3) is 0.400. The Morgan fingerprint density at radius 2 is 1.58 bits per heavy atom. The lowest BCUT2D eigenvalue weighted by atomic mass is 10.1. The zero-order valence-electron chi connectivity index (χ0n) is 18.1. The van der Waals surface area contributed by atoms with Crippen LogP contribution in [0.1, 0.15) is 54.2 Å². The summed E-state index contributed by atoms with van der Waals surface area (Å²) < 4.78 is 1.34. The molecule has 0 saturated carbocycles. The van der Waals surface area contributed by atoms with Gasteiger partial charge in [-0.3, -0.25) is 14.5 Å². The second-order valence-electron chi connectivity index (χ2n) is 8.20. The topological polar surface area (TPSA) is 67.2 Å². The van der Waals surface area contributed by atoms with Crippen molar-refractivity contribution in [2.24, 2.45) is 0 Å². The number of benzene rings is 2. The number of nitrogens with zero attached hydrogens (tertiary/aromatic N) is 3. The quantitative estimate of drug-likeness (QED) is 0.663. The van der Waals surface area contributed by atoms with Gasteiger partial charge in [0.2, 0.25) is 0 Å². The number of hydrogen-bond donors (Lipinski definition) is 1. The van der Waals surface area contributed by atoms with E-state index in [1.165, 1.54) is 49.0 Å². The smallest absolute Gasteiger partial charge is 0.274 e. The first-order valence-corrected chi connectivity index (χ1v) is 11.2. The van der Waals surface area contributed by atoms with Crippen LogP contribution >= 0.6 is 0 Å². The Hall–Kier alpha value is -2.99. The minimum atomic E-state index is -0.271. The van der Waals surface area contributed by atoms with E-state index in [0.29, 0.717) is 23.9 Å². The third-order valence-corrected chi connectivity index (χ3v) is 5.96. The van der Waals surface area contributed by atoms with Crippen LogP contribution in [0.25, 0.3) is 10.8 Å². The summed E-state index contributed by atoms with van der Waals surface area (Å²) in [6, 6.07) is 15.6. The summed E-state index contributed by atoms with van der Waals surface area (Å²) in [5.74, 6) is -0.271. The maximum Gasteiger partial charge on any atom is 0.274 e. The van der Waals surface area contributed by atoms with Gasteiger partial charge in [0.05, 0.1) is 5.39 Å². The van der Waals surface area contributed by atoms with Crippen LogP contribution in [0.4, 0.5) is 0 Å². The van der Waals surface area contributed by atoms with Crippen molar-refractivity contribution in [2.45, 2.75) is 52.2 Å². The molecule has 0 bridgehead atoms. The van der Waals surface area contributed by atoms with Gasteiger partial charge in [0, 0.05) is 25.0 Å². The third kappa shape index (κ3) is 5.02. The molecule has 6 nitrogen and oxygen atoms in total. The van der Waals surface area contributed by atoms with Gasteiger partial charge in [-0.15, -0.1) is 0 Å². The van der Waals surface area contributed by atoms with Crippen molar-refractivity contribution < 1.29 is 4.79 Å². The van der Waals surface area contributed by atoms with Crippen molar-refractivity contribution in [2.75, 3.05) is 13.1 Å². The lowest BCUT2D eigenvalue weighted by Crippen LogP contribution is -2.30. The third-order valence-electron chi connectivity index (χ3n) is 5.96. The molecule has 31 heavy (non-hydrogen) atoms. The Kier molecular flexibility index (Phi) is 6.77. The molecule has 0 spiro atoms. The lowest BCUT2D eigenvalue weighted by Gasteiger charge is -2.19. The number of carbonyl (C=O) groups excluding carboxylic acids is 1. The standard InChI is InChI=1S/C25H30N4O2/c1-2-29-25(31)22-10-6-5-9-21(22)23(27-29)24(30)26-17-19-11-13-20(14-12-19)18-28-15-7-3-4-8-16-28/h5-6,9-14H,2-4,7-8,15-18H2,1H3,(H,26,30). The van der Waals surface area contributed by atoms with Crippen molar-refractivity contribution in [3.63, 3.8) is 0 Å². The summed E-state index contributed by atoms with van der Waals surface area (Å²) >= 11 is 0. The number of aromatic nitrogens is 2. The largest absolute Gasteiger partial charge is 0.347 e. The fourth-order valence-corrected chi connectivity index (χ4v) is 4.20. The first kappa shape index (κ1) is 21.2. The molecule has 1 aromatic heterocycles. The summed E-state index contributed by atoms with van der Waals surface area (Å²) in [6.45, 7) is 6.03. The molecule has 1 saturated heterocycles. The minimum Gasteiger partial charge on any atom is -0.347 e. The van der Waals surface area contributed by atoms with Crippen molar-refractivity contribution in [1.29, 1.82) is 0 Å². The average Bonchev–Trinajstić information content (AvgIpc) is 3.07. The van der Waals surface area contributed by atoms with Gasteiger partial charge in [0.15, 0.2) is 5.69 Å². The molecule has 0 atom stereocenters. The Morgan fingerprint density at radius 1 is 0.935 bits per heavy atom. The van der Waals surface area contributed by atoms with Gasteiger partial charge in [-0.25, -0.2) is 4.68 Å². The fourth-order valence-electron chi connectivity index (χ4n) is 4.20. The Labute approximate surface area is 182 Å². The Morgan fingerprint density at radius 3 is 2.26 bits per heavy atom. The maximum absolute atomic E-state index is 12.9. The first-order valence-electron chi connectivity index (χ1n) is 11.2. The van der Waals surface area contributed by atoms with Gasteiger partial charge < -0.3 is 5.32 Å². The van der Waals surface area contributed by atoms with Crippen molar-refractivity contribution >= 4 is 16.7 Å². The van der Waals surface area contributed by atoms with E-state index in [4.69, 9.17) is 0 Å². The number of nitrogens with one attached hydrogen (secondary N) is 1. The molecule has 1 amide bonds. The number of aryl methyl sites for hydroxylation is 1. The molecule has 0 unspecified atom stereocenters. The molecule has 6 heteroatoms. The molecule has 1 aliphatic heterocycles. The zero-order chi connectivity index (χ0) is 21.6. The van der Waals surface area contributed by atoms with E-state index < -0.39 is 0 Å². The summed E-state index contributed by atoms with van der Waals surface area (Å²) in [7, 11) is 0. The minimum absolute atomic E-state index is 0.172. The second kappa shape index (κ2) is 9.88. The second-order valence-corrected chi connectivity index (χ2v) is 8.20. The first-order chi connectivity index (χ1) is 15.2. The van der Waals surface area contributed by atoms with Crippen LogP contribution < -0.4 is 10.9 Å². The van der Waals surface area contributed by atoms with Crippen LogP contribution in [-0.2, 0) is 19.6 Å². The number of likely N-dealkylation sites (tertiary alicyclic amines) is 1. The van der Waals surface area contributed by atoms with Crippen LogP contribution in [0.15, 0.2) is 53.3 Å². The highest BCUT2D eigenvalue weighted by molar-refractivity contribution is 6.04. The van der Waals surface area contributed by atoms with E-state index in [1.807, 2.05) is 13.0 Å². The highest BCUT2D eigenvalue weighted by Crippen LogP contribution is 2.15. The molecule has 1 aliphatic rings. The predicted molar refractivity (Wildman–Crippen MR) is 123 cm³/mol. The van der Waals surface area contributed by atoms with Crippen LogP contribution in [0.2, 0.25) is 0 Å². The lowest BCUT2D eigenvalue weighted by molar-refractivity contribution is 0.0945. The van der Waals surface area contributed by atoms with Gasteiger partial charge >= 0.3 is 0 Å². The maximum atomic E-state index is 12.9. The molecule has 0 aliphatic carbocycles. The number of hydrogen-bond acceptors (Lipinski definition) is 4. The summed E-state index contributed by atoms with van der Waals surface area (Å²) in [5, 5.41) is 8.37. The van der Waals surface area contributed by atoms with Crippen LogP contribution in [-0.4, -0.2) is 33.7 Å². The Balaban J connectivity index is 1.43. The van der Waals surface area contributed by atoms with Gasteiger partial charge in [-0.1, -0.05) is 55.3 Å². The highest BCUT2D eigenvalue weighted by atomic mass is 16.2. The van der Waals surface area contributed by atoms with E-state index in [2.05, 4.69) is 39.6 Å². The summed E-state index contributed by atoms with van der Waals surface area (Å²) in [5.41, 5.74) is 2.46. The van der Waals surface area contributed by atoms with E-state index in [-0.39, 0.29) is 17.2 Å². The van der Waals surface area contributed by atoms with Crippen LogP contribution in [0, 0.1) is 0 Å². The average molecular weight is 419 g/mol. The molecule has 2 aromatic carbocycles. The van der Waals surface area contributed by atoms with Crippen molar-refractivity contribution in [3.05, 3.63) is 75.7 Å². The molecule has 2 heterocycles. The predicted octanol–water partition coefficient (Wildman–Crippen LogP) is 3.72. The Bertz CT molecular complexity index is 1100. The SMILES string of the molecule is CCn1nc(C(=O)NCc2ccc(CN3CCCCCC3)cc2)c2ccccc2c1=O. The van der Waals surface area contributed by atoms with Crippen LogP contribution in [0.3, 0.4) is 0 Å². The van der Waals surface area contributed by atoms with E-state index in [0.717, 1.165) is 12.1 Å². The molecular formula is C25H30N4O2. The van der Waals surface area contributed by atoms with Gasteiger partial charge in [0.25, 0.3) is 11.5 Å². The summed E-state index contributed by atoms with van der Waals surface area (Å²) in [6.07, 6.45) is 5.26. The molecule has 1 N–H and O–H groups in total. The molecule has 0 radical (unpaired) electrons. The number of carbonyl (C=O) groups is 1. The molecular weight excluding hydrogens is 388 g/mol. The number of amides is 1. The molecule has 4 rings (SSSR count). The molecule has 162 valence electrons. The van der Waals surface area contributed by atoms with E-state index in [9.17, 15) is 9.59 Å². The molecule has 1 fully saturated rings. The monoisotopic (exact) mass is 418 g/mol. The van der Waals surface area contributed by atoms with E-state index >= 15 is 0 Å². The van der Waals surface area contributed by atoms with Gasteiger partial charge in [0.1, 0.15) is 0 Å². The van der Waals surface area contributed by atoms with Crippen molar-refractivity contribution in [3.8, 4) is 0 Å². The van der Waals surface area contributed by atoms with Gasteiger partial charge in [-0.2, -0.15) is 5.10 Å². The van der Waals surface area contributed by atoms with E-state index in [1.54, 1.807) is 18.2 Å². The summed E-state index contributed by atoms with van der Waals surface area (Å²) in [4.78, 5) is 27.9. The number of rotatable bonds is 6.